The first-order valence-electron chi connectivity index (χ1n) is 4.65. The van der Waals surface area contributed by atoms with Crippen molar-refractivity contribution in [2.45, 2.75) is 13.8 Å². The van der Waals surface area contributed by atoms with Crippen molar-refractivity contribution in [3.05, 3.63) is 23.5 Å². The molecule has 76 valence electrons. The number of thiocarbonyl (C=S) groups is 1. The molecule has 1 heterocycles. The summed E-state index contributed by atoms with van der Waals surface area (Å²) < 4.78 is 2.04. The highest BCUT2D eigenvalue weighted by molar-refractivity contribution is 7.78. The smallest absolute Gasteiger partial charge is 0.106 e. The van der Waals surface area contributed by atoms with Gasteiger partial charge in [0, 0.05) is 7.05 Å². The van der Waals surface area contributed by atoms with Crippen LogP contribution in [0.3, 0.4) is 0 Å². The van der Waals surface area contributed by atoms with E-state index in [4.69, 9.17) is 0 Å². The van der Waals surface area contributed by atoms with E-state index >= 15 is 0 Å². The van der Waals surface area contributed by atoms with E-state index in [2.05, 4.69) is 27.4 Å². The maximum atomic E-state index is 4.62. The van der Waals surface area contributed by atoms with Crippen molar-refractivity contribution in [2.75, 3.05) is 0 Å². The molecule has 0 aliphatic carbocycles. The minimum absolute atomic E-state index is 0.862. The number of nitrogens with zero attached hydrogens (tertiary/aromatic N) is 3. The molecule has 0 saturated heterocycles. The minimum atomic E-state index is 0.862. The Morgan fingerprint density at radius 1 is 1.40 bits per heavy atom. The fraction of sp³-hybridized carbons (Fsp3) is 0.273. The predicted octanol–water partition coefficient (Wildman–Crippen LogP) is 2.92. The van der Waals surface area contributed by atoms with Crippen LogP contribution < -0.4 is 0 Å². The van der Waals surface area contributed by atoms with Gasteiger partial charge >= 0.3 is 0 Å². The normalized spacial score (nSPS) is 10.3. The Hall–Kier alpha value is -1.51. The Bertz CT molecular complexity index is 577. The SMILES string of the molecule is Cc1cc2nc(C)n(C)c2cc1N=C=S. The van der Waals surface area contributed by atoms with Gasteiger partial charge in [0.15, 0.2) is 0 Å². The Balaban J connectivity index is 2.82. The quantitative estimate of drug-likeness (QED) is 0.543. The van der Waals surface area contributed by atoms with Gasteiger partial charge in [-0.1, -0.05) is 0 Å². The average Bonchev–Trinajstić information content (AvgIpc) is 2.45. The molecule has 0 N–H and O–H groups in total. The van der Waals surface area contributed by atoms with E-state index in [1.165, 1.54) is 0 Å². The summed E-state index contributed by atoms with van der Waals surface area (Å²) in [5.41, 5.74) is 4.00. The monoisotopic (exact) mass is 217 g/mol. The van der Waals surface area contributed by atoms with E-state index in [0.717, 1.165) is 28.1 Å². The van der Waals surface area contributed by atoms with Gasteiger partial charge in [0.2, 0.25) is 0 Å². The molecule has 0 aliphatic heterocycles. The first-order chi connectivity index (χ1) is 7.13. The second kappa shape index (κ2) is 3.57. The third kappa shape index (κ3) is 1.58. The van der Waals surface area contributed by atoms with E-state index in [9.17, 15) is 0 Å². The number of hydrogen-bond donors (Lipinski definition) is 0. The predicted molar refractivity (Wildman–Crippen MR) is 64.9 cm³/mol. The second-order valence-corrected chi connectivity index (χ2v) is 3.73. The molecule has 0 bridgehead atoms. The lowest BCUT2D eigenvalue weighted by atomic mass is 10.2. The molecule has 1 aromatic carbocycles. The standard InChI is InChI=1S/C11H11N3S/c1-7-4-10-11(5-9(7)12-6-15)14(3)8(2)13-10/h4-5H,1-3H3. The van der Waals surface area contributed by atoms with Gasteiger partial charge in [-0.05, 0) is 43.8 Å². The van der Waals surface area contributed by atoms with Gasteiger partial charge in [0.1, 0.15) is 5.82 Å². The summed E-state index contributed by atoms with van der Waals surface area (Å²) in [6.07, 6.45) is 0. The van der Waals surface area contributed by atoms with Gasteiger partial charge in [-0.25, -0.2) is 4.98 Å². The van der Waals surface area contributed by atoms with Crippen LogP contribution >= 0.6 is 12.2 Å². The van der Waals surface area contributed by atoms with E-state index in [-0.39, 0.29) is 0 Å². The van der Waals surface area contributed by atoms with E-state index in [1.807, 2.05) is 37.6 Å². The number of aliphatic imine (C=N–C) groups is 1. The molecule has 0 amide bonds. The first-order valence-corrected chi connectivity index (χ1v) is 5.06. The van der Waals surface area contributed by atoms with Crippen LogP contribution in [-0.4, -0.2) is 14.7 Å². The van der Waals surface area contributed by atoms with Gasteiger partial charge < -0.3 is 4.57 Å². The molecule has 2 aromatic rings. The van der Waals surface area contributed by atoms with Crippen LogP contribution in [0.1, 0.15) is 11.4 Å². The van der Waals surface area contributed by atoms with Crippen LogP contribution in [0.2, 0.25) is 0 Å². The molecule has 1 aromatic heterocycles. The Labute approximate surface area is 93.5 Å². The van der Waals surface area contributed by atoms with Gasteiger partial charge in [-0.3, -0.25) is 0 Å². The lowest BCUT2D eigenvalue weighted by molar-refractivity contribution is 0.886. The molecule has 3 nitrogen and oxygen atoms in total. The molecular formula is C11H11N3S. The van der Waals surface area contributed by atoms with E-state index in [0.29, 0.717) is 0 Å². The topological polar surface area (TPSA) is 30.2 Å². The number of hydrogen-bond acceptors (Lipinski definition) is 3. The van der Waals surface area contributed by atoms with Gasteiger partial charge in [0.05, 0.1) is 21.9 Å². The molecule has 0 spiro atoms. The molecule has 0 radical (unpaired) electrons. The lowest BCUT2D eigenvalue weighted by Gasteiger charge is -2.00. The third-order valence-corrected chi connectivity index (χ3v) is 2.68. The number of isothiocyanates is 1. The number of benzene rings is 1. The zero-order valence-electron chi connectivity index (χ0n) is 8.90. The van der Waals surface area contributed by atoms with Crippen LogP contribution in [0.5, 0.6) is 0 Å². The maximum Gasteiger partial charge on any atom is 0.106 e. The number of imidazole rings is 1. The van der Waals surface area contributed by atoms with Crippen LogP contribution in [-0.2, 0) is 7.05 Å². The zero-order chi connectivity index (χ0) is 11.0. The van der Waals surface area contributed by atoms with Crippen molar-refractivity contribution in [3.63, 3.8) is 0 Å². The number of aryl methyl sites for hydroxylation is 3. The molecule has 15 heavy (non-hydrogen) atoms. The highest BCUT2D eigenvalue weighted by Gasteiger charge is 2.06. The number of aromatic nitrogens is 2. The highest BCUT2D eigenvalue weighted by atomic mass is 32.1. The van der Waals surface area contributed by atoms with E-state index in [1.54, 1.807) is 0 Å². The summed E-state index contributed by atoms with van der Waals surface area (Å²) in [5.74, 6) is 0.993. The Morgan fingerprint density at radius 3 is 2.80 bits per heavy atom. The van der Waals surface area contributed by atoms with Crippen LogP contribution in [0.15, 0.2) is 17.1 Å². The van der Waals surface area contributed by atoms with E-state index < -0.39 is 0 Å². The summed E-state index contributed by atoms with van der Waals surface area (Å²) in [6.45, 7) is 3.98. The summed E-state index contributed by atoms with van der Waals surface area (Å²) in [7, 11) is 1.99. The summed E-state index contributed by atoms with van der Waals surface area (Å²) in [6, 6.07) is 4.01. The molecule has 0 atom stereocenters. The van der Waals surface area contributed by atoms with Crippen molar-refractivity contribution in [1.29, 1.82) is 0 Å². The maximum absolute atomic E-state index is 4.62. The zero-order valence-corrected chi connectivity index (χ0v) is 9.72. The largest absolute Gasteiger partial charge is 0.331 e. The molecule has 0 unspecified atom stereocenters. The van der Waals surface area contributed by atoms with Crippen molar-refractivity contribution >= 4 is 34.1 Å². The first kappa shape index (κ1) is 10.0. The van der Waals surface area contributed by atoms with Crippen molar-refractivity contribution < 1.29 is 0 Å². The van der Waals surface area contributed by atoms with Gasteiger partial charge in [0.25, 0.3) is 0 Å². The van der Waals surface area contributed by atoms with Gasteiger partial charge in [-0.15, -0.1) is 0 Å². The lowest BCUT2D eigenvalue weighted by Crippen LogP contribution is -1.89. The number of rotatable bonds is 1. The van der Waals surface area contributed by atoms with Crippen LogP contribution in [0.25, 0.3) is 11.0 Å². The molecule has 0 saturated carbocycles. The van der Waals surface area contributed by atoms with Crippen molar-refractivity contribution in [1.82, 2.24) is 9.55 Å². The van der Waals surface area contributed by atoms with Crippen molar-refractivity contribution in [3.8, 4) is 0 Å². The highest BCUT2D eigenvalue weighted by Crippen LogP contribution is 2.25. The summed E-state index contributed by atoms with van der Waals surface area (Å²) in [5, 5.41) is 2.39. The van der Waals surface area contributed by atoms with Gasteiger partial charge in [-0.2, -0.15) is 4.99 Å². The molecular weight excluding hydrogens is 206 g/mol. The fourth-order valence-corrected chi connectivity index (χ4v) is 1.72. The molecule has 0 aliphatic rings. The Morgan fingerprint density at radius 2 is 2.13 bits per heavy atom. The van der Waals surface area contributed by atoms with Crippen molar-refractivity contribution in [2.24, 2.45) is 12.0 Å². The minimum Gasteiger partial charge on any atom is -0.331 e. The van der Waals surface area contributed by atoms with Crippen LogP contribution in [0.4, 0.5) is 5.69 Å². The molecule has 2 rings (SSSR count). The molecule has 4 heteroatoms. The summed E-state index contributed by atoms with van der Waals surface area (Å²) in [4.78, 5) is 8.48. The second-order valence-electron chi connectivity index (χ2n) is 3.55. The fourth-order valence-electron chi connectivity index (χ4n) is 1.62. The Kier molecular flexibility index (Phi) is 2.39. The van der Waals surface area contributed by atoms with Crippen LogP contribution in [0, 0.1) is 13.8 Å². The average molecular weight is 217 g/mol. The molecule has 0 fully saturated rings. The third-order valence-electron chi connectivity index (χ3n) is 2.59. The summed E-state index contributed by atoms with van der Waals surface area (Å²) >= 11 is 4.62. The number of fused-ring (bicyclic) bond motifs is 1.